The SMILES string of the molecule is CC(C)C1=NOC(C(=O)N(C)C)C1. The second kappa shape index (κ2) is 3.77. The van der Waals surface area contributed by atoms with E-state index in [1.165, 1.54) is 4.90 Å². The van der Waals surface area contributed by atoms with E-state index in [2.05, 4.69) is 5.16 Å². The molecular formula is C9H16N2O2. The largest absolute Gasteiger partial charge is 0.382 e. The van der Waals surface area contributed by atoms with E-state index in [0.29, 0.717) is 12.3 Å². The van der Waals surface area contributed by atoms with Crippen molar-refractivity contribution in [1.29, 1.82) is 0 Å². The summed E-state index contributed by atoms with van der Waals surface area (Å²) >= 11 is 0. The zero-order chi connectivity index (χ0) is 10.0. The van der Waals surface area contributed by atoms with Gasteiger partial charge in [-0.25, -0.2) is 0 Å². The third-order valence-corrected chi connectivity index (χ3v) is 2.07. The molecule has 0 aromatic carbocycles. The molecule has 0 saturated carbocycles. The Kier molecular flexibility index (Phi) is 2.90. The van der Waals surface area contributed by atoms with Gasteiger partial charge in [-0.05, 0) is 5.92 Å². The molecule has 0 spiro atoms. The van der Waals surface area contributed by atoms with Gasteiger partial charge < -0.3 is 9.74 Å². The van der Waals surface area contributed by atoms with Crippen LogP contribution in [-0.4, -0.2) is 36.7 Å². The summed E-state index contributed by atoms with van der Waals surface area (Å²) in [5.74, 6) is 0.347. The van der Waals surface area contributed by atoms with E-state index in [4.69, 9.17) is 4.84 Å². The van der Waals surface area contributed by atoms with Crippen LogP contribution in [0.25, 0.3) is 0 Å². The van der Waals surface area contributed by atoms with Crippen molar-refractivity contribution in [2.45, 2.75) is 26.4 Å². The second-order valence-electron chi connectivity index (χ2n) is 3.77. The van der Waals surface area contributed by atoms with Crippen molar-refractivity contribution < 1.29 is 9.63 Å². The number of rotatable bonds is 2. The molecule has 1 heterocycles. The van der Waals surface area contributed by atoms with Gasteiger partial charge >= 0.3 is 0 Å². The quantitative estimate of drug-likeness (QED) is 0.639. The van der Waals surface area contributed by atoms with Crippen LogP contribution in [0.5, 0.6) is 0 Å². The van der Waals surface area contributed by atoms with E-state index in [1.807, 2.05) is 13.8 Å². The number of amides is 1. The summed E-state index contributed by atoms with van der Waals surface area (Å²) in [4.78, 5) is 18.0. The van der Waals surface area contributed by atoms with E-state index in [-0.39, 0.29) is 5.91 Å². The molecule has 0 aromatic heterocycles. The first-order valence-electron chi connectivity index (χ1n) is 4.46. The fourth-order valence-electron chi connectivity index (χ4n) is 1.16. The zero-order valence-electron chi connectivity index (χ0n) is 8.57. The Morgan fingerprint density at radius 3 is 2.62 bits per heavy atom. The molecule has 1 unspecified atom stereocenters. The number of hydrogen-bond donors (Lipinski definition) is 0. The Morgan fingerprint density at radius 1 is 1.62 bits per heavy atom. The maximum atomic E-state index is 11.4. The van der Waals surface area contributed by atoms with Gasteiger partial charge in [0.1, 0.15) is 0 Å². The molecule has 0 saturated heterocycles. The number of oxime groups is 1. The molecule has 0 radical (unpaired) electrons. The normalized spacial score (nSPS) is 21.3. The lowest BCUT2D eigenvalue weighted by Crippen LogP contribution is -2.33. The number of carbonyl (C=O) groups is 1. The Balaban J connectivity index is 2.50. The topological polar surface area (TPSA) is 41.9 Å². The minimum atomic E-state index is -0.396. The Morgan fingerprint density at radius 2 is 2.23 bits per heavy atom. The Labute approximate surface area is 78.5 Å². The van der Waals surface area contributed by atoms with Crippen molar-refractivity contribution in [1.82, 2.24) is 4.90 Å². The minimum absolute atomic E-state index is 0.0144. The van der Waals surface area contributed by atoms with Crippen molar-refractivity contribution in [3.8, 4) is 0 Å². The smallest absolute Gasteiger partial charge is 0.266 e. The van der Waals surface area contributed by atoms with Crippen LogP contribution in [0.3, 0.4) is 0 Å². The van der Waals surface area contributed by atoms with Crippen molar-refractivity contribution in [3.05, 3.63) is 0 Å². The molecule has 0 fully saturated rings. The van der Waals surface area contributed by atoms with Crippen molar-refractivity contribution >= 4 is 11.6 Å². The van der Waals surface area contributed by atoms with E-state index < -0.39 is 6.10 Å². The molecule has 0 aromatic rings. The summed E-state index contributed by atoms with van der Waals surface area (Å²) in [5.41, 5.74) is 0.972. The summed E-state index contributed by atoms with van der Waals surface area (Å²) in [5, 5.41) is 3.89. The molecule has 4 heteroatoms. The van der Waals surface area contributed by atoms with Gasteiger partial charge in [0.05, 0.1) is 5.71 Å². The second-order valence-corrected chi connectivity index (χ2v) is 3.77. The summed E-state index contributed by atoms with van der Waals surface area (Å²) in [6.45, 7) is 4.09. The molecule has 0 bridgehead atoms. The van der Waals surface area contributed by atoms with Crippen LogP contribution in [0.15, 0.2) is 5.16 Å². The molecule has 1 aliphatic heterocycles. The molecule has 1 amide bonds. The lowest BCUT2D eigenvalue weighted by Gasteiger charge is -2.13. The maximum absolute atomic E-state index is 11.4. The average molecular weight is 184 g/mol. The molecular weight excluding hydrogens is 168 g/mol. The summed E-state index contributed by atoms with van der Waals surface area (Å²) < 4.78 is 0. The standard InChI is InChI=1S/C9H16N2O2/c1-6(2)7-5-8(13-10-7)9(12)11(3)4/h6,8H,5H2,1-4H3. The molecule has 1 rings (SSSR count). The van der Waals surface area contributed by atoms with Crippen LogP contribution in [0, 0.1) is 5.92 Å². The summed E-state index contributed by atoms with van der Waals surface area (Å²) in [6, 6.07) is 0. The van der Waals surface area contributed by atoms with Crippen LogP contribution in [-0.2, 0) is 9.63 Å². The summed E-state index contributed by atoms with van der Waals surface area (Å²) in [7, 11) is 3.44. The number of likely N-dealkylation sites (N-methyl/N-ethyl adjacent to an activating group) is 1. The van der Waals surface area contributed by atoms with Gasteiger partial charge in [-0.15, -0.1) is 0 Å². The first-order valence-corrected chi connectivity index (χ1v) is 4.46. The van der Waals surface area contributed by atoms with Gasteiger partial charge in [-0.1, -0.05) is 19.0 Å². The van der Waals surface area contributed by atoms with Crippen molar-refractivity contribution in [2.75, 3.05) is 14.1 Å². The third-order valence-electron chi connectivity index (χ3n) is 2.07. The highest BCUT2D eigenvalue weighted by atomic mass is 16.6. The highest BCUT2D eigenvalue weighted by molar-refractivity contribution is 5.93. The number of hydrogen-bond acceptors (Lipinski definition) is 3. The third kappa shape index (κ3) is 2.20. The molecule has 74 valence electrons. The van der Waals surface area contributed by atoms with Gasteiger partial charge in [-0.2, -0.15) is 0 Å². The Bertz CT molecular complexity index is 234. The Hall–Kier alpha value is -1.06. The van der Waals surface area contributed by atoms with Crippen LogP contribution in [0.4, 0.5) is 0 Å². The first-order chi connectivity index (χ1) is 6.02. The molecule has 4 nitrogen and oxygen atoms in total. The van der Waals surface area contributed by atoms with E-state index in [0.717, 1.165) is 5.71 Å². The van der Waals surface area contributed by atoms with Crippen molar-refractivity contribution in [3.63, 3.8) is 0 Å². The van der Waals surface area contributed by atoms with E-state index in [1.54, 1.807) is 14.1 Å². The molecule has 13 heavy (non-hydrogen) atoms. The van der Waals surface area contributed by atoms with Gasteiger partial charge in [0.2, 0.25) is 6.10 Å². The molecule has 0 aliphatic carbocycles. The number of nitrogens with zero attached hydrogens (tertiary/aromatic N) is 2. The summed E-state index contributed by atoms with van der Waals surface area (Å²) in [6.07, 6.45) is 0.238. The predicted octanol–water partition coefficient (Wildman–Crippen LogP) is 0.876. The zero-order valence-corrected chi connectivity index (χ0v) is 8.57. The fraction of sp³-hybridized carbons (Fsp3) is 0.778. The van der Waals surface area contributed by atoms with Crippen LogP contribution in [0.1, 0.15) is 20.3 Å². The highest BCUT2D eigenvalue weighted by Gasteiger charge is 2.30. The van der Waals surface area contributed by atoms with Crippen LogP contribution >= 0.6 is 0 Å². The molecule has 1 aliphatic rings. The van der Waals surface area contributed by atoms with Gasteiger partial charge in [-0.3, -0.25) is 4.79 Å². The average Bonchev–Trinajstić information content (AvgIpc) is 2.50. The predicted molar refractivity (Wildman–Crippen MR) is 50.5 cm³/mol. The monoisotopic (exact) mass is 184 g/mol. The molecule has 0 N–H and O–H groups in total. The van der Waals surface area contributed by atoms with Crippen LogP contribution < -0.4 is 0 Å². The van der Waals surface area contributed by atoms with E-state index in [9.17, 15) is 4.79 Å². The lowest BCUT2D eigenvalue weighted by atomic mass is 10.0. The minimum Gasteiger partial charge on any atom is -0.382 e. The van der Waals surface area contributed by atoms with Gasteiger partial charge in [0.15, 0.2) is 0 Å². The fourth-order valence-corrected chi connectivity index (χ4v) is 1.16. The van der Waals surface area contributed by atoms with E-state index >= 15 is 0 Å². The number of carbonyl (C=O) groups excluding carboxylic acids is 1. The van der Waals surface area contributed by atoms with Gasteiger partial charge in [0.25, 0.3) is 5.91 Å². The van der Waals surface area contributed by atoms with Crippen LogP contribution in [0.2, 0.25) is 0 Å². The molecule has 1 atom stereocenters. The lowest BCUT2D eigenvalue weighted by molar-refractivity contribution is -0.139. The highest BCUT2D eigenvalue weighted by Crippen LogP contribution is 2.16. The van der Waals surface area contributed by atoms with Gasteiger partial charge in [0, 0.05) is 20.5 Å². The van der Waals surface area contributed by atoms with Crippen molar-refractivity contribution in [2.24, 2.45) is 11.1 Å². The maximum Gasteiger partial charge on any atom is 0.266 e. The first kappa shape index (κ1) is 10.0.